The Balaban J connectivity index is 1.81. The van der Waals surface area contributed by atoms with Crippen LogP contribution in [0.5, 0.6) is 0 Å². The van der Waals surface area contributed by atoms with Crippen molar-refractivity contribution in [3.8, 4) is 0 Å². The van der Waals surface area contributed by atoms with Crippen LogP contribution in [0.1, 0.15) is 52.9 Å². The molecule has 2 aliphatic rings. The Morgan fingerprint density at radius 3 is 2.18 bits per heavy atom. The number of hydrogen-bond donors (Lipinski definition) is 1. The molecule has 0 spiro atoms. The molecule has 0 aromatic carbocycles. The molecule has 0 radical (unpaired) electrons. The van der Waals surface area contributed by atoms with E-state index in [2.05, 4.69) is 25.7 Å². The molecule has 0 aromatic rings. The summed E-state index contributed by atoms with van der Waals surface area (Å²) in [6.07, 6.45) is 6.94. The number of nitrogens with two attached hydrogens (primary N) is 1. The van der Waals surface area contributed by atoms with Crippen LogP contribution in [0, 0.1) is 17.3 Å². The average Bonchev–Trinajstić information content (AvgIpc) is 2.78. The highest BCUT2D eigenvalue weighted by molar-refractivity contribution is 4.89. The summed E-state index contributed by atoms with van der Waals surface area (Å²) in [6.45, 7) is 10.7. The fourth-order valence-corrected chi connectivity index (χ4v) is 3.63. The normalized spacial score (nSPS) is 33.2. The lowest BCUT2D eigenvalue weighted by atomic mass is 9.79. The van der Waals surface area contributed by atoms with Crippen molar-refractivity contribution in [2.24, 2.45) is 23.0 Å². The summed E-state index contributed by atoms with van der Waals surface area (Å²) in [5.41, 5.74) is 6.27. The van der Waals surface area contributed by atoms with E-state index in [9.17, 15) is 0 Å². The van der Waals surface area contributed by atoms with Crippen LogP contribution >= 0.6 is 0 Å². The van der Waals surface area contributed by atoms with Crippen molar-refractivity contribution >= 4 is 0 Å². The molecule has 1 heterocycles. The average molecular weight is 238 g/mol. The Hall–Kier alpha value is -0.0800. The maximum absolute atomic E-state index is 5.76. The lowest BCUT2D eigenvalue weighted by molar-refractivity contribution is 0.126. The third-order valence-corrected chi connectivity index (χ3v) is 5.13. The van der Waals surface area contributed by atoms with E-state index >= 15 is 0 Å². The molecule has 2 atom stereocenters. The molecule has 17 heavy (non-hydrogen) atoms. The molecule has 1 aliphatic carbocycles. The molecule has 0 amide bonds. The number of hydrogen-bond acceptors (Lipinski definition) is 2. The van der Waals surface area contributed by atoms with Crippen LogP contribution in [0.15, 0.2) is 0 Å². The molecule has 2 nitrogen and oxygen atoms in total. The molecule has 2 N–H and O–H groups in total. The van der Waals surface area contributed by atoms with Gasteiger partial charge < -0.3 is 10.6 Å². The van der Waals surface area contributed by atoms with Crippen molar-refractivity contribution in [2.75, 3.05) is 19.6 Å². The van der Waals surface area contributed by atoms with Gasteiger partial charge in [-0.3, -0.25) is 0 Å². The first-order valence-corrected chi connectivity index (χ1v) is 7.45. The van der Waals surface area contributed by atoms with Crippen LogP contribution in [-0.4, -0.2) is 30.6 Å². The van der Waals surface area contributed by atoms with E-state index in [4.69, 9.17) is 5.73 Å². The van der Waals surface area contributed by atoms with Crippen LogP contribution in [0.25, 0.3) is 0 Å². The van der Waals surface area contributed by atoms with Crippen molar-refractivity contribution in [1.82, 2.24) is 4.90 Å². The van der Waals surface area contributed by atoms with Gasteiger partial charge in [0.25, 0.3) is 0 Å². The molecular formula is C15H30N2. The van der Waals surface area contributed by atoms with E-state index in [1.54, 1.807) is 0 Å². The third-order valence-electron chi connectivity index (χ3n) is 5.13. The van der Waals surface area contributed by atoms with Crippen molar-refractivity contribution < 1.29 is 0 Å². The molecule has 1 saturated carbocycles. The highest BCUT2D eigenvalue weighted by atomic mass is 15.2. The molecule has 100 valence electrons. The van der Waals surface area contributed by atoms with Gasteiger partial charge in [0.1, 0.15) is 0 Å². The number of likely N-dealkylation sites (tertiary alicyclic amines) is 1. The minimum atomic E-state index is 0.504. The van der Waals surface area contributed by atoms with Gasteiger partial charge >= 0.3 is 0 Å². The van der Waals surface area contributed by atoms with E-state index in [1.165, 1.54) is 45.2 Å². The van der Waals surface area contributed by atoms with Crippen LogP contribution in [0.4, 0.5) is 0 Å². The second kappa shape index (κ2) is 5.27. The molecule has 2 unspecified atom stereocenters. The Kier molecular flexibility index (Phi) is 4.14. The first-order valence-electron chi connectivity index (χ1n) is 7.45. The summed E-state index contributed by atoms with van der Waals surface area (Å²) < 4.78 is 0. The van der Waals surface area contributed by atoms with Crippen molar-refractivity contribution in [2.45, 2.75) is 58.9 Å². The smallest absolute Gasteiger partial charge is 0.00982 e. The zero-order valence-corrected chi connectivity index (χ0v) is 11.9. The minimum absolute atomic E-state index is 0.504. The molecule has 2 rings (SSSR count). The van der Waals surface area contributed by atoms with Crippen LogP contribution in [-0.2, 0) is 0 Å². The molecule has 1 aliphatic heterocycles. The highest BCUT2D eigenvalue weighted by Gasteiger charge is 2.36. The second-order valence-corrected chi connectivity index (χ2v) is 7.24. The fourth-order valence-electron chi connectivity index (χ4n) is 3.63. The van der Waals surface area contributed by atoms with Crippen LogP contribution in [0.3, 0.4) is 0 Å². The first-order chi connectivity index (χ1) is 8.00. The van der Waals surface area contributed by atoms with Crippen molar-refractivity contribution in [1.29, 1.82) is 0 Å². The van der Waals surface area contributed by atoms with E-state index in [0.717, 1.165) is 24.4 Å². The topological polar surface area (TPSA) is 29.3 Å². The van der Waals surface area contributed by atoms with Gasteiger partial charge in [-0.25, -0.2) is 0 Å². The third kappa shape index (κ3) is 3.23. The van der Waals surface area contributed by atoms with Gasteiger partial charge in [-0.15, -0.1) is 0 Å². The van der Waals surface area contributed by atoms with E-state index in [0.29, 0.717) is 5.41 Å². The molecular weight excluding hydrogens is 208 g/mol. The largest absolute Gasteiger partial charge is 0.330 e. The van der Waals surface area contributed by atoms with Gasteiger partial charge in [0.15, 0.2) is 0 Å². The van der Waals surface area contributed by atoms with Gasteiger partial charge in [0.05, 0.1) is 0 Å². The van der Waals surface area contributed by atoms with E-state index < -0.39 is 0 Å². The van der Waals surface area contributed by atoms with Crippen LogP contribution < -0.4 is 5.73 Å². The van der Waals surface area contributed by atoms with Crippen LogP contribution in [0.2, 0.25) is 0 Å². The van der Waals surface area contributed by atoms with E-state index in [-0.39, 0.29) is 0 Å². The predicted octanol–water partition coefficient (Wildman–Crippen LogP) is 2.87. The number of piperidine rings is 1. The van der Waals surface area contributed by atoms with Gasteiger partial charge in [-0.2, -0.15) is 0 Å². The van der Waals surface area contributed by atoms with E-state index in [1.807, 2.05) is 0 Å². The summed E-state index contributed by atoms with van der Waals surface area (Å²) >= 11 is 0. The minimum Gasteiger partial charge on any atom is -0.330 e. The number of nitrogens with zero attached hydrogens (tertiary/aromatic N) is 1. The monoisotopic (exact) mass is 238 g/mol. The predicted molar refractivity (Wildman–Crippen MR) is 73.9 cm³/mol. The summed E-state index contributed by atoms with van der Waals surface area (Å²) in [4.78, 5) is 2.75. The Bertz CT molecular complexity index is 236. The Morgan fingerprint density at radius 1 is 1.06 bits per heavy atom. The quantitative estimate of drug-likeness (QED) is 0.801. The van der Waals surface area contributed by atoms with Crippen molar-refractivity contribution in [3.05, 3.63) is 0 Å². The summed E-state index contributed by atoms with van der Waals surface area (Å²) in [6, 6.07) is 0.873. The maximum Gasteiger partial charge on any atom is 0.00982 e. The lowest BCUT2D eigenvalue weighted by Gasteiger charge is -2.36. The molecule has 0 bridgehead atoms. The standard InChI is InChI=1S/C15H30N2/c1-15(2,3)13-4-5-14(10-13)17-8-6-12(11-16)7-9-17/h12-14H,4-11,16H2,1-3H3. The Morgan fingerprint density at radius 2 is 1.71 bits per heavy atom. The van der Waals surface area contributed by atoms with Gasteiger partial charge in [0.2, 0.25) is 0 Å². The molecule has 0 aromatic heterocycles. The SMILES string of the molecule is CC(C)(C)C1CCC(N2CCC(CN)CC2)C1. The summed E-state index contributed by atoms with van der Waals surface area (Å²) in [5, 5.41) is 0. The zero-order valence-electron chi connectivity index (χ0n) is 11.9. The van der Waals surface area contributed by atoms with Gasteiger partial charge in [-0.1, -0.05) is 20.8 Å². The van der Waals surface area contributed by atoms with Crippen molar-refractivity contribution in [3.63, 3.8) is 0 Å². The maximum atomic E-state index is 5.76. The summed E-state index contributed by atoms with van der Waals surface area (Å²) in [7, 11) is 0. The van der Waals surface area contributed by atoms with Gasteiger partial charge in [0, 0.05) is 6.04 Å². The fraction of sp³-hybridized carbons (Fsp3) is 1.00. The molecule has 1 saturated heterocycles. The molecule has 2 fully saturated rings. The lowest BCUT2D eigenvalue weighted by Crippen LogP contribution is -2.41. The molecule has 2 heteroatoms. The zero-order chi connectivity index (χ0) is 12.5. The number of rotatable bonds is 2. The second-order valence-electron chi connectivity index (χ2n) is 7.24. The highest BCUT2D eigenvalue weighted by Crippen LogP contribution is 2.41. The first kappa shape index (κ1) is 13.4. The Labute approximate surface area is 107 Å². The summed E-state index contributed by atoms with van der Waals surface area (Å²) in [5.74, 6) is 1.73. The van der Waals surface area contributed by atoms with Gasteiger partial charge in [-0.05, 0) is 69.0 Å².